The van der Waals surface area contributed by atoms with Gasteiger partial charge in [-0.2, -0.15) is 0 Å². The van der Waals surface area contributed by atoms with Crippen molar-refractivity contribution in [3.8, 4) is 0 Å². The predicted molar refractivity (Wildman–Crippen MR) is 77.4 cm³/mol. The molecule has 2 rings (SSSR count). The van der Waals surface area contributed by atoms with Gasteiger partial charge in [-0.05, 0) is 36.8 Å². The molecule has 1 N–H and O–H groups in total. The maximum Gasteiger partial charge on any atom is 0.323 e. The van der Waals surface area contributed by atoms with Crippen LogP contribution in [0.4, 0.5) is 5.69 Å². The van der Waals surface area contributed by atoms with Gasteiger partial charge < -0.3 is 10.0 Å². The van der Waals surface area contributed by atoms with Gasteiger partial charge in [0, 0.05) is 11.7 Å². The second-order valence-corrected chi connectivity index (χ2v) is 5.73. The van der Waals surface area contributed by atoms with Crippen molar-refractivity contribution in [2.24, 2.45) is 11.8 Å². The molecule has 0 aromatic heterocycles. The Kier molecular flexibility index (Phi) is 4.46. The van der Waals surface area contributed by atoms with Gasteiger partial charge in [0.05, 0.1) is 0 Å². The quantitative estimate of drug-likeness (QED) is 0.903. The third-order valence-corrected chi connectivity index (χ3v) is 4.24. The third-order valence-electron chi connectivity index (χ3n) is 4.24. The summed E-state index contributed by atoms with van der Waals surface area (Å²) in [5, 5.41) is 9.21. The lowest BCUT2D eigenvalue weighted by molar-refractivity contribution is -0.135. The highest BCUT2D eigenvalue weighted by molar-refractivity contribution is 5.74. The molecule has 1 aliphatic rings. The monoisotopic (exact) mass is 261 g/mol. The third kappa shape index (κ3) is 3.28. The van der Waals surface area contributed by atoms with Gasteiger partial charge in [-0.3, -0.25) is 4.79 Å². The van der Waals surface area contributed by atoms with E-state index in [2.05, 4.69) is 18.7 Å². The molecule has 1 aliphatic carbocycles. The molecule has 1 aromatic carbocycles. The van der Waals surface area contributed by atoms with E-state index in [1.165, 1.54) is 19.3 Å². The van der Waals surface area contributed by atoms with Gasteiger partial charge in [0.15, 0.2) is 0 Å². The second kappa shape index (κ2) is 6.09. The summed E-state index contributed by atoms with van der Waals surface area (Å²) in [6.07, 6.45) is 3.64. The van der Waals surface area contributed by atoms with Crippen molar-refractivity contribution >= 4 is 11.7 Å². The maximum atomic E-state index is 11.2. The van der Waals surface area contributed by atoms with Gasteiger partial charge in [-0.1, -0.05) is 38.5 Å². The number of aliphatic carboxylic acids is 1. The molecule has 0 bridgehead atoms. The van der Waals surface area contributed by atoms with Crippen LogP contribution in [0.25, 0.3) is 0 Å². The van der Waals surface area contributed by atoms with Crippen molar-refractivity contribution in [2.45, 2.75) is 39.2 Å². The summed E-state index contributed by atoms with van der Waals surface area (Å²) in [5.41, 5.74) is 1.02. The molecule has 104 valence electrons. The first-order valence-electron chi connectivity index (χ1n) is 7.13. The summed E-state index contributed by atoms with van der Waals surface area (Å²) in [7, 11) is 0. The average Bonchev–Trinajstić information content (AvgIpc) is 2.38. The molecule has 0 saturated heterocycles. The molecule has 1 fully saturated rings. The number of hydrogen-bond acceptors (Lipinski definition) is 2. The van der Waals surface area contributed by atoms with E-state index in [9.17, 15) is 9.90 Å². The second-order valence-electron chi connectivity index (χ2n) is 5.73. The van der Waals surface area contributed by atoms with Crippen LogP contribution in [0.2, 0.25) is 0 Å². The largest absolute Gasteiger partial charge is 0.480 e. The van der Waals surface area contributed by atoms with E-state index in [1.807, 2.05) is 30.3 Å². The van der Waals surface area contributed by atoms with E-state index < -0.39 is 5.97 Å². The average molecular weight is 261 g/mol. The predicted octanol–water partition coefficient (Wildman–Crippen LogP) is 3.40. The van der Waals surface area contributed by atoms with Crippen LogP contribution in [-0.2, 0) is 4.79 Å². The van der Waals surface area contributed by atoms with Crippen molar-refractivity contribution < 1.29 is 9.90 Å². The van der Waals surface area contributed by atoms with Gasteiger partial charge in [0.25, 0.3) is 0 Å². The number of carbonyl (C=O) groups is 1. The molecule has 2 unspecified atom stereocenters. The number of para-hydroxylation sites is 1. The van der Waals surface area contributed by atoms with Gasteiger partial charge in [-0.25, -0.2) is 0 Å². The Labute approximate surface area is 115 Å². The van der Waals surface area contributed by atoms with E-state index >= 15 is 0 Å². The van der Waals surface area contributed by atoms with Crippen molar-refractivity contribution in [2.75, 3.05) is 11.4 Å². The highest BCUT2D eigenvalue weighted by Gasteiger charge is 2.33. The van der Waals surface area contributed by atoms with Crippen LogP contribution < -0.4 is 4.90 Å². The van der Waals surface area contributed by atoms with Gasteiger partial charge >= 0.3 is 5.97 Å². The van der Waals surface area contributed by atoms with Gasteiger partial charge in [0.1, 0.15) is 6.54 Å². The van der Waals surface area contributed by atoms with Crippen LogP contribution >= 0.6 is 0 Å². The van der Waals surface area contributed by atoms with Crippen molar-refractivity contribution in [3.63, 3.8) is 0 Å². The van der Waals surface area contributed by atoms with Crippen LogP contribution in [0.3, 0.4) is 0 Å². The molecule has 19 heavy (non-hydrogen) atoms. The number of carboxylic acids is 1. The zero-order chi connectivity index (χ0) is 13.8. The lowest BCUT2D eigenvalue weighted by Crippen LogP contribution is -2.48. The highest BCUT2D eigenvalue weighted by Crippen LogP contribution is 2.35. The standard InChI is InChI=1S/C16H23NO2/c1-12-7-6-8-13(2)16(12)17(11-15(18)19)14-9-4-3-5-10-14/h3-5,9-10,12-13,16H,6-8,11H2,1-2H3,(H,18,19). The SMILES string of the molecule is CC1CCCC(C)C1N(CC(=O)O)c1ccccc1. The molecule has 0 radical (unpaired) electrons. The molecule has 0 amide bonds. The van der Waals surface area contributed by atoms with Crippen LogP contribution in [0.1, 0.15) is 33.1 Å². The number of nitrogens with zero attached hydrogens (tertiary/aromatic N) is 1. The molecular weight excluding hydrogens is 238 g/mol. The van der Waals surface area contributed by atoms with E-state index in [0.29, 0.717) is 17.9 Å². The molecule has 2 atom stereocenters. The van der Waals surface area contributed by atoms with Crippen LogP contribution in [0.15, 0.2) is 30.3 Å². The first kappa shape index (κ1) is 13.9. The van der Waals surface area contributed by atoms with Crippen LogP contribution in [-0.4, -0.2) is 23.7 Å². The zero-order valence-electron chi connectivity index (χ0n) is 11.7. The number of anilines is 1. The molecule has 3 nitrogen and oxygen atoms in total. The molecule has 1 saturated carbocycles. The number of rotatable bonds is 4. The van der Waals surface area contributed by atoms with Crippen LogP contribution in [0, 0.1) is 11.8 Å². The van der Waals surface area contributed by atoms with E-state index in [1.54, 1.807) is 0 Å². The fourth-order valence-corrected chi connectivity index (χ4v) is 3.41. The first-order chi connectivity index (χ1) is 9.09. The lowest BCUT2D eigenvalue weighted by atomic mass is 9.77. The number of benzene rings is 1. The summed E-state index contributed by atoms with van der Waals surface area (Å²) in [6.45, 7) is 4.58. The van der Waals surface area contributed by atoms with Crippen molar-refractivity contribution in [3.05, 3.63) is 30.3 Å². The Balaban J connectivity index is 2.28. The Morgan fingerprint density at radius 2 is 1.79 bits per heavy atom. The topological polar surface area (TPSA) is 40.5 Å². The normalized spacial score (nSPS) is 26.9. The van der Waals surface area contributed by atoms with Gasteiger partial charge in [-0.15, -0.1) is 0 Å². The fourth-order valence-electron chi connectivity index (χ4n) is 3.41. The molecule has 0 heterocycles. The van der Waals surface area contributed by atoms with E-state index in [-0.39, 0.29) is 6.54 Å². The maximum absolute atomic E-state index is 11.2. The molecule has 1 aromatic rings. The Hall–Kier alpha value is -1.51. The number of hydrogen-bond donors (Lipinski definition) is 1. The summed E-state index contributed by atoms with van der Waals surface area (Å²) in [6, 6.07) is 10.3. The Morgan fingerprint density at radius 1 is 1.21 bits per heavy atom. The summed E-state index contributed by atoms with van der Waals surface area (Å²) in [5.74, 6) is 0.334. The minimum absolute atomic E-state index is 0.0867. The van der Waals surface area contributed by atoms with Gasteiger partial charge in [0.2, 0.25) is 0 Å². The highest BCUT2D eigenvalue weighted by atomic mass is 16.4. The minimum atomic E-state index is -0.756. The Morgan fingerprint density at radius 3 is 2.32 bits per heavy atom. The number of carboxylic acid groups (broad SMARTS) is 1. The fraction of sp³-hybridized carbons (Fsp3) is 0.562. The lowest BCUT2D eigenvalue weighted by Gasteiger charge is -2.43. The first-order valence-corrected chi connectivity index (χ1v) is 7.13. The molecule has 0 spiro atoms. The minimum Gasteiger partial charge on any atom is -0.480 e. The van der Waals surface area contributed by atoms with E-state index in [0.717, 1.165) is 5.69 Å². The molecular formula is C16H23NO2. The molecule has 3 heteroatoms. The zero-order valence-corrected chi connectivity index (χ0v) is 11.7. The summed E-state index contributed by atoms with van der Waals surface area (Å²) < 4.78 is 0. The molecule has 0 aliphatic heterocycles. The summed E-state index contributed by atoms with van der Waals surface area (Å²) in [4.78, 5) is 13.3. The van der Waals surface area contributed by atoms with Crippen molar-refractivity contribution in [1.82, 2.24) is 0 Å². The van der Waals surface area contributed by atoms with E-state index in [4.69, 9.17) is 0 Å². The Bertz CT molecular complexity index is 408. The van der Waals surface area contributed by atoms with Crippen LogP contribution in [0.5, 0.6) is 0 Å². The smallest absolute Gasteiger partial charge is 0.323 e. The van der Waals surface area contributed by atoms with Crippen molar-refractivity contribution in [1.29, 1.82) is 0 Å². The summed E-state index contributed by atoms with van der Waals surface area (Å²) >= 11 is 0.